The van der Waals surface area contributed by atoms with Crippen LogP contribution in [0.3, 0.4) is 0 Å². The maximum atomic E-state index is 11.1. The van der Waals surface area contributed by atoms with Gasteiger partial charge in [-0.05, 0) is 29.4 Å². The summed E-state index contributed by atoms with van der Waals surface area (Å²) in [5, 5.41) is 6.02. The molecule has 104 valence electrons. The lowest BCUT2D eigenvalue weighted by Gasteiger charge is -2.15. The van der Waals surface area contributed by atoms with Gasteiger partial charge in [-0.1, -0.05) is 15.9 Å². The first-order valence-electron chi connectivity index (χ1n) is 5.72. The molecule has 0 unspecified atom stereocenters. The Kier molecular flexibility index (Phi) is 4.14. The van der Waals surface area contributed by atoms with Crippen LogP contribution in [0.5, 0.6) is 0 Å². The number of benzene rings is 1. The molecule has 0 aliphatic carbocycles. The highest BCUT2D eigenvalue weighted by Gasteiger charge is 2.16. The summed E-state index contributed by atoms with van der Waals surface area (Å²) in [7, 11) is 3.50. The van der Waals surface area contributed by atoms with Gasteiger partial charge in [-0.15, -0.1) is 4.91 Å². The Morgan fingerprint density at radius 2 is 1.90 bits per heavy atom. The lowest BCUT2D eigenvalue weighted by Crippen LogP contribution is -2.13. The largest absolute Gasteiger partial charge is 0.368 e. The highest BCUT2D eigenvalue weighted by atomic mass is 79.9. The van der Waals surface area contributed by atoms with Crippen molar-refractivity contribution >= 4 is 44.9 Å². The molecular formula is C12H13BrN6O. The summed E-state index contributed by atoms with van der Waals surface area (Å²) >= 11 is 3.35. The molecule has 0 radical (unpaired) electrons. The van der Waals surface area contributed by atoms with Gasteiger partial charge in [-0.3, -0.25) is 0 Å². The van der Waals surface area contributed by atoms with E-state index >= 15 is 0 Å². The SMILES string of the molecule is CN(C)c1nc(N)nc(Nc2ccc(Br)cc2)c1N=O. The maximum absolute atomic E-state index is 11.1. The third-order valence-electron chi connectivity index (χ3n) is 2.50. The van der Waals surface area contributed by atoms with Crippen molar-refractivity contribution in [3.05, 3.63) is 33.6 Å². The van der Waals surface area contributed by atoms with Crippen molar-refractivity contribution in [1.82, 2.24) is 9.97 Å². The number of nitrogens with two attached hydrogens (primary N) is 1. The van der Waals surface area contributed by atoms with E-state index in [1.165, 1.54) is 0 Å². The van der Waals surface area contributed by atoms with Crippen LogP contribution >= 0.6 is 15.9 Å². The molecule has 0 spiro atoms. The molecule has 0 bridgehead atoms. The van der Waals surface area contributed by atoms with Crippen molar-refractivity contribution in [3.8, 4) is 0 Å². The molecule has 0 fully saturated rings. The monoisotopic (exact) mass is 336 g/mol. The summed E-state index contributed by atoms with van der Waals surface area (Å²) in [5.74, 6) is 0.714. The van der Waals surface area contributed by atoms with E-state index in [0.717, 1.165) is 10.2 Å². The smallest absolute Gasteiger partial charge is 0.224 e. The third kappa shape index (κ3) is 3.02. The lowest BCUT2D eigenvalue weighted by molar-refractivity contribution is 1.04. The number of nitrogens with zero attached hydrogens (tertiary/aromatic N) is 4. The Labute approximate surface area is 124 Å². The van der Waals surface area contributed by atoms with Crippen LogP contribution < -0.4 is 16.0 Å². The van der Waals surface area contributed by atoms with Crippen LogP contribution in [0.2, 0.25) is 0 Å². The summed E-state index contributed by atoms with van der Waals surface area (Å²) < 4.78 is 0.952. The van der Waals surface area contributed by atoms with Gasteiger partial charge in [0.05, 0.1) is 0 Å². The van der Waals surface area contributed by atoms with Crippen LogP contribution in [0.4, 0.5) is 29.0 Å². The Hall–Kier alpha value is -2.22. The number of hydrogen-bond acceptors (Lipinski definition) is 7. The van der Waals surface area contributed by atoms with Crippen molar-refractivity contribution in [2.24, 2.45) is 5.18 Å². The van der Waals surface area contributed by atoms with Crippen LogP contribution in [-0.4, -0.2) is 24.1 Å². The van der Waals surface area contributed by atoms with Crippen LogP contribution in [-0.2, 0) is 0 Å². The predicted molar refractivity (Wildman–Crippen MR) is 83.7 cm³/mol. The zero-order valence-corrected chi connectivity index (χ0v) is 12.5. The van der Waals surface area contributed by atoms with Crippen LogP contribution in [0.15, 0.2) is 33.9 Å². The number of hydrogen-bond donors (Lipinski definition) is 2. The minimum absolute atomic E-state index is 0.0701. The van der Waals surface area contributed by atoms with Gasteiger partial charge in [0.1, 0.15) is 0 Å². The lowest BCUT2D eigenvalue weighted by atomic mass is 10.3. The molecule has 0 saturated heterocycles. The van der Waals surface area contributed by atoms with Crippen molar-refractivity contribution in [3.63, 3.8) is 0 Å². The second-order valence-electron chi connectivity index (χ2n) is 4.22. The van der Waals surface area contributed by atoms with E-state index in [0.29, 0.717) is 5.82 Å². The quantitative estimate of drug-likeness (QED) is 0.833. The molecule has 7 nitrogen and oxygen atoms in total. The second kappa shape index (κ2) is 5.83. The number of anilines is 4. The van der Waals surface area contributed by atoms with E-state index < -0.39 is 0 Å². The molecule has 0 atom stereocenters. The van der Waals surface area contributed by atoms with E-state index in [1.54, 1.807) is 19.0 Å². The fourth-order valence-electron chi connectivity index (χ4n) is 1.61. The number of nitrogen functional groups attached to an aromatic ring is 1. The number of nitrogens with one attached hydrogen (secondary N) is 1. The van der Waals surface area contributed by atoms with E-state index in [2.05, 4.69) is 36.4 Å². The van der Waals surface area contributed by atoms with Crippen molar-refractivity contribution < 1.29 is 0 Å². The third-order valence-corrected chi connectivity index (χ3v) is 3.03. The van der Waals surface area contributed by atoms with Gasteiger partial charge in [0, 0.05) is 24.3 Å². The maximum Gasteiger partial charge on any atom is 0.224 e. The average Bonchev–Trinajstić information content (AvgIpc) is 2.40. The first-order chi connectivity index (χ1) is 9.51. The van der Waals surface area contributed by atoms with Crippen molar-refractivity contribution in [2.45, 2.75) is 0 Å². The summed E-state index contributed by atoms with van der Waals surface area (Å²) in [6, 6.07) is 7.42. The Balaban J connectivity index is 2.45. The van der Waals surface area contributed by atoms with Crippen molar-refractivity contribution in [2.75, 3.05) is 30.0 Å². The van der Waals surface area contributed by atoms with Gasteiger partial charge in [-0.2, -0.15) is 9.97 Å². The number of nitroso groups, excluding NO2 is 1. The molecule has 0 aliphatic heterocycles. The molecule has 1 aromatic heterocycles. The van der Waals surface area contributed by atoms with E-state index in [4.69, 9.17) is 5.73 Å². The van der Waals surface area contributed by atoms with Crippen LogP contribution in [0, 0.1) is 4.91 Å². The highest BCUT2D eigenvalue weighted by Crippen LogP contribution is 2.34. The number of rotatable bonds is 4. The number of aromatic nitrogens is 2. The molecule has 1 aromatic carbocycles. The van der Waals surface area contributed by atoms with E-state index in [1.807, 2.05) is 24.3 Å². The molecule has 0 aliphatic rings. The molecule has 2 rings (SSSR count). The average molecular weight is 337 g/mol. The Bertz CT molecular complexity index is 629. The van der Waals surface area contributed by atoms with E-state index in [-0.39, 0.29) is 17.5 Å². The fraction of sp³-hybridized carbons (Fsp3) is 0.167. The molecule has 3 N–H and O–H groups in total. The van der Waals surface area contributed by atoms with Crippen LogP contribution in [0.25, 0.3) is 0 Å². The predicted octanol–water partition coefficient (Wildman–Crippen LogP) is 3.03. The molecular weight excluding hydrogens is 324 g/mol. The summed E-state index contributed by atoms with van der Waals surface area (Å²) in [6.07, 6.45) is 0. The summed E-state index contributed by atoms with van der Waals surface area (Å²) in [4.78, 5) is 20.8. The standard InChI is InChI=1S/C12H13BrN6O/c1-19(2)11-9(18-20)10(16-12(14)17-11)15-8-5-3-7(13)4-6-8/h3-6H,1-2H3,(H3,14,15,16,17). The Morgan fingerprint density at radius 1 is 1.25 bits per heavy atom. The minimum Gasteiger partial charge on any atom is -0.368 e. The first kappa shape index (κ1) is 14.2. The summed E-state index contributed by atoms with van der Waals surface area (Å²) in [5.41, 5.74) is 6.54. The second-order valence-corrected chi connectivity index (χ2v) is 5.14. The Morgan fingerprint density at radius 3 is 2.45 bits per heavy atom. The van der Waals surface area contributed by atoms with E-state index in [9.17, 15) is 4.91 Å². The van der Waals surface area contributed by atoms with Gasteiger partial charge in [0.25, 0.3) is 0 Å². The van der Waals surface area contributed by atoms with Crippen LogP contribution in [0.1, 0.15) is 0 Å². The van der Waals surface area contributed by atoms with Gasteiger partial charge in [-0.25, -0.2) is 0 Å². The molecule has 0 saturated carbocycles. The van der Waals surface area contributed by atoms with Gasteiger partial charge < -0.3 is 16.0 Å². The summed E-state index contributed by atoms with van der Waals surface area (Å²) in [6.45, 7) is 0. The molecule has 8 heteroatoms. The molecule has 20 heavy (non-hydrogen) atoms. The molecule has 2 aromatic rings. The van der Waals surface area contributed by atoms with Gasteiger partial charge in [0.2, 0.25) is 5.95 Å². The zero-order chi connectivity index (χ0) is 14.7. The normalized spacial score (nSPS) is 10.2. The first-order valence-corrected chi connectivity index (χ1v) is 6.51. The van der Waals surface area contributed by atoms with Gasteiger partial charge in [0.15, 0.2) is 17.3 Å². The minimum atomic E-state index is 0.0701. The molecule has 1 heterocycles. The highest BCUT2D eigenvalue weighted by molar-refractivity contribution is 9.10. The van der Waals surface area contributed by atoms with Gasteiger partial charge >= 0.3 is 0 Å². The fourth-order valence-corrected chi connectivity index (χ4v) is 1.88. The topological polar surface area (TPSA) is 96.5 Å². The number of halogens is 1. The van der Waals surface area contributed by atoms with Crippen molar-refractivity contribution in [1.29, 1.82) is 0 Å². The molecule has 0 amide bonds. The zero-order valence-electron chi connectivity index (χ0n) is 11.0.